The number of anilines is 1. The predicted molar refractivity (Wildman–Crippen MR) is 95.4 cm³/mol. The van der Waals surface area contributed by atoms with Crippen LogP contribution >= 0.6 is 0 Å². The highest BCUT2D eigenvalue weighted by Gasteiger charge is 2.24. The van der Waals surface area contributed by atoms with E-state index in [1.165, 1.54) is 0 Å². The van der Waals surface area contributed by atoms with Crippen LogP contribution < -0.4 is 9.62 Å². The lowest BCUT2D eigenvalue weighted by molar-refractivity contribution is 0.400. The molecule has 0 unspecified atom stereocenters. The normalized spacial score (nSPS) is 15.5. The van der Waals surface area contributed by atoms with Crippen LogP contribution in [-0.4, -0.2) is 33.0 Å². The number of nitrogens with zero attached hydrogens (tertiary/aromatic N) is 3. The molecule has 1 aromatic heterocycles. The Morgan fingerprint density at radius 2 is 1.96 bits per heavy atom. The second-order valence-corrected chi connectivity index (χ2v) is 8.11. The highest BCUT2D eigenvalue weighted by atomic mass is 32.2. The molecule has 0 bridgehead atoms. The molecule has 9 heteroatoms. The van der Waals surface area contributed by atoms with Gasteiger partial charge in [-0.15, -0.1) is 0 Å². The maximum Gasteiger partial charge on any atom is 0.240 e. The average molecular weight is 392 g/mol. The number of nitrogens with one attached hydrogen (secondary N) is 1. The first-order valence-corrected chi connectivity index (χ1v) is 9.94. The summed E-state index contributed by atoms with van der Waals surface area (Å²) in [5, 5.41) is 9.18. The van der Waals surface area contributed by atoms with Crippen molar-refractivity contribution in [2.24, 2.45) is 5.92 Å². The molecule has 1 fully saturated rings. The number of hydrogen-bond donors (Lipinski definition) is 1. The Kier molecular flexibility index (Phi) is 5.68. The van der Waals surface area contributed by atoms with E-state index in [0.717, 1.165) is 25.0 Å². The molecular formula is C18H18F2N4O2S. The molecule has 2 heterocycles. The highest BCUT2D eigenvalue weighted by molar-refractivity contribution is 7.89. The van der Waals surface area contributed by atoms with E-state index in [0.29, 0.717) is 30.5 Å². The Bertz CT molecular complexity index is 968. The van der Waals surface area contributed by atoms with Gasteiger partial charge in [0, 0.05) is 25.8 Å². The van der Waals surface area contributed by atoms with Gasteiger partial charge in [-0.1, -0.05) is 0 Å². The number of nitriles is 1. The standard InChI is InChI=1S/C18H18F2N4O2S/c19-16-4-3-15(10-17(16)20)27(25,26)23-12-13-5-8-24(9-6-13)18-14(11-21)2-1-7-22-18/h1-4,7,10,13,23H,5-6,8-9,12H2. The van der Waals surface area contributed by atoms with E-state index in [2.05, 4.69) is 15.8 Å². The van der Waals surface area contributed by atoms with Crippen LogP contribution in [0.3, 0.4) is 0 Å². The van der Waals surface area contributed by atoms with Crippen LogP contribution in [0.25, 0.3) is 0 Å². The molecule has 3 rings (SSSR count). The van der Waals surface area contributed by atoms with E-state index in [1.807, 2.05) is 4.90 Å². The molecule has 2 aromatic rings. The highest BCUT2D eigenvalue weighted by Crippen LogP contribution is 2.24. The van der Waals surface area contributed by atoms with Gasteiger partial charge in [0.2, 0.25) is 10.0 Å². The Morgan fingerprint density at radius 1 is 1.22 bits per heavy atom. The molecule has 0 amide bonds. The van der Waals surface area contributed by atoms with Crippen molar-refractivity contribution in [2.45, 2.75) is 17.7 Å². The first kappa shape index (κ1) is 19.2. The van der Waals surface area contributed by atoms with Crippen molar-refractivity contribution in [1.29, 1.82) is 5.26 Å². The first-order valence-electron chi connectivity index (χ1n) is 8.45. The second kappa shape index (κ2) is 7.98. The van der Waals surface area contributed by atoms with E-state index >= 15 is 0 Å². The number of halogens is 2. The van der Waals surface area contributed by atoms with E-state index in [9.17, 15) is 22.5 Å². The number of aromatic nitrogens is 1. The number of sulfonamides is 1. The van der Waals surface area contributed by atoms with Crippen molar-refractivity contribution in [3.05, 3.63) is 53.7 Å². The van der Waals surface area contributed by atoms with Gasteiger partial charge in [0.25, 0.3) is 0 Å². The van der Waals surface area contributed by atoms with Gasteiger partial charge in [-0.25, -0.2) is 26.9 Å². The van der Waals surface area contributed by atoms with E-state index in [4.69, 9.17) is 0 Å². The summed E-state index contributed by atoms with van der Waals surface area (Å²) in [6.45, 7) is 1.52. The van der Waals surface area contributed by atoms with Crippen molar-refractivity contribution >= 4 is 15.8 Å². The molecule has 0 spiro atoms. The Balaban J connectivity index is 1.58. The van der Waals surface area contributed by atoms with Crippen LogP contribution in [0.15, 0.2) is 41.4 Å². The van der Waals surface area contributed by atoms with E-state index in [-0.39, 0.29) is 17.4 Å². The van der Waals surface area contributed by atoms with Crippen molar-refractivity contribution in [3.63, 3.8) is 0 Å². The van der Waals surface area contributed by atoms with Gasteiger partial charge in [-0.05, 0) is 49.1 Å². The monoisotopic (exact) mass is 392 g/mol. The quantitative estimate of drug-likeness (QED) is 0.845. The molecule has 0 saturated carbocycles. The first-order chi connectivity index (χ1) is 12.9. The minimum Gasteiger partial charge on any atom is -0.356 e. The van der Waals surface area contributed by atoms with Crippen molar-refractivity contribution < 1.29 is 17.2 Å². The smallest absolute Gasteiger partial charge is 0.240 e. The third-order valence-electron chi connectivity index (χ3n) is 4.58. The molecule has 142 valence electrons. The zero-order chi connectivity index (χ0) is 19.4. The molecule has 1 N–H and O–H groups in total. The van der Waals surface area contributed by atoms with Gasteiger partial charge in [0.1, 0.15) is 11.9 Å². The zero-order valence-corrected chi connectivity index (χ0v) is 15.2. The Hall–Kier alpha value is -2.57. The lowest BCUT2D eigenvalue weighted by Gasteiger charge is -2.33. The van der Waals surface area contributed by atoms with Gasteiger partial charge in [0.05, 0.1) is 10.5 Å². The third kappa shape index (κ3) is 4.40. The van der Waals surface area contributed by atoms with Crippen molar-refractivity contribution in [2.75, 3.05) is 24.5 Å². The molecule has 0 radical (unpaired) electrons. The van der Waals surface area contributed by atoms with E-state index < -0.39 is 21.7 Å². The fourth-order valence-electron chi connectivity index (χ4n) is 3.04. The summed E-state index contributed by atoms with van der Waals surface area (Å²) in [7, 11) is -3.90. The average Bonchev–Trinajstić information content (AvgIpc) is 2.69. The molecule has 1 aromatic carbocycles. The minimum atomic E-state index is -3.90. The maximum atomic E-state index is 13.3. The summed E-state index contributed by atoms with van der Waals surface area (Å²) in [6, 6.07) is 8.05. The summed E-state index contributed by atoms with van der Waals surface area (Å²) in [5.41, 5.74) is 0.509. The van der Waals surface area contributed by atoms with Crippen LogP contribution in [0.5, 0.6) is 0 Å². The number of hydrogen-bond acceptors (Lipinski definition) is 5. The number of piperidine rings is 1. The van der Waals surface area contributed by atoms with Crippen molar-refractivity contribution in [1.82, 2.24) is 9.71 Å². The second-order valence-electron chi connectivity index (χ2n) is 6.34. The van der Waals surface area contributed by atoms with Gasteiger partial charge < -0.3 is 4.90 Å². The fourth-order valence-corrected chi connectivity index (χ4v) is 4.17. The fraction of sp³-hybridized carbons (Fsp3) is 0.333. The van der Waals surface area contributed by atoms with Gasteiger partial charge in [0.15, 0.2) is 11.6 Å². The van der Waals surface area contributed by atoms with Crippen LogP contribution in [0, 0.1) is 28.9 Å². The van der Waals surface area contributed by atoms with E-state index in [1.54, 1.807) is 18.3 Å². The lowest BCUT2D eigenvalue weighted by atomic mass is 9.97. The van der Waals surface area contributed by atoms with Crippen molar-refractivity contribution in [3.8, 4) is 6.07 Å². The van der Waals surface area contributed by atoms with Crippen LogP contribution in [0.4, 0.5) is 14.6 Å². The molecule has 0 atom stereocenters. The number of rotatable bonds is 5. The van der Waals surface area contributed by atoms with Gasteiger partial charge in [-0.3, -0.25) is 0 Å². The van der Waals surface area contributed by atoms with Gasteiger partial charge in [-0.2, -0.15) is 5.26 Å². The summed E-state index contributed by atoms with van der Waals surface area (Å²) in [6.07, 6.45) is 3.09. The maximum absolute atomic E-state index is 13.3. The molecule has 1 saturated heterocycles. The Labute approximate surface area is 156 Å². The molecule has 0 aliphatic carbocycles. The topological polar surface area (TPSA) is 86.1 Å². The third-order valence-corrected chi connectivity index (χ3v) is 6.01. The molecule has 1 aliphatic rings. The van der Waals surface area contributed by atoms with Crippen LogP contribution in [0.2, 0.25) is 0 Å². The molecular weight excluding hydrogens is 374 g/mol. The number of benzene rings is 1. The zero-order valence-electron chi connectivity index (χ0n) is 14.4. The molecule has 27 heavy (non-hydrogen) atoms. The van der Waals surface area contributed by atoms with Crippen LogP contribution in [0.1, 0.15) is 18.4 Å². The predicted octanol–water partition coefficient (Wildman–Crippen LogP) is 2.43. The van der Waals surface area contributed by atoms with Gasteiger partial charge >= 0.3 is 0 Å². The van der Waals surface area contributed by atoms with Crippen LogP contribution in [-0.2, 0) is 10.0 Å². The SMILES string of the molecule is N#Cc1cccnc1N1CCC(CNS(=O)(=O)c2ccc(F)c(F)c2)CC1. The largest absolute Gasteiger partial charge is 0.356 e. The molecule has 1 aliphatic heterocycles. The Morgan fingerprint density at radius 3 is 2.63 bits per heavy atom. The summed E-state index contributed by atoms with van der Waals surface area (Å²) in [5.74, 6) is -1.54. The molecule has 6 nitrogen and oxygen atoms in total. The summed E-state index contributed by atoms with van der Waals surface area (Å²) in [4.78, 5) is 5.98. The number of pyridine rings is 1. The lowest BCUT2D eigenvalue weighted by Crippen LogP contribution is -2.39. The summed E-state index contributed by atoms with van der Waals surface area (Å²) < 4.78 is 53.2. The minimum absolute atomic E-state index is 0.107. The summed E-state index contributed by atoms with van der Waals surface area (Å²) >= 11 is 0.